The number of carbonyl (C=O) groups is 1. The molecule has 0 unspecified atom stereocenters. The molecule has 0 spiro atoms. The van der Waals surface area contributed by atoms with Crippen LogP contribution in [0, 0.1) is 6.92 Å². The highest BCUT2D eigenvalue weighted by atomic mass is 32.1. The maximum absolute atomic E-state index is 12.5. The van der Waals surface area contributed by atoms with Crippen LogP contribution in [0.15, 0.2) is 41.9 Å². The number of aryl methyl sites for hydroxylation is 1. The summed E-state index contributed by atoms with van der Waals surface area (Å²) in [5, 5.41) is 5.97. The highest BCUT2D eigenvalue weighted by Crippen LogP contribution is 2.25. The van der Waals surface area contributed by atoms with Gasteiger partial charge in [-0.05, 0) is 26.0 Å². The summed E-state index contributed by atoms with van der Waals surface area (Å²) in [5.41, 5.74) is 3.24. The summed E-state index contributed by atoms with van der Waals surface area (Å²) in [6, 6.07) is 9.32. The Labute approximate surface area is 144 Å². The smallest absolute Gasteiger partial charge is 0.268 e. The van der Waals surface area contributed by atoms with Crippen LogP contribution in [0.25, 0.3) is 11.3 Å². The summed E-state index contributed by atoms with van der Waals surface area (Å²) in [6.45, 7) is 3.90. The minimum absolute atomic E-state index is 0.161. The average molecular weight is 341 g/mol. The molecule has 2 aromatic heterocycles. The number of ether oxygens (including phenoxy) is 1. The number of nitrogens with zero attached hydrogens (tertiary/aromatic N) is 1. The second-order valence-electron chi connectivity index (χ2n) is 5.49. The van der Waals surface area contributed by atoms with E-state index >= 15 is 0 Å². The zero-order chi connectivity index (χ0) is 17.1. The lowest BCUT2D eigenvalue weighted by molar-refractivity contribution is 0.0935. The van der Waals surface area contributed by atoms with Crippen molar-refractivity contribution < 1.29 is 9.53 Å². The monoisotopic (exact) mass is 341 g/mol. The molecule has 2 heterocycles. The van der Waals surface area contributed by atoms with E-state index < -0.39 is 0 Å². The molecule has 0 bridgehead atoms. The largest absolute Gasteiger partial charge is 0.496 e. The van der Waals surface area contributed by atoms with E-state index in [1.165, 1.54) is 0 Å². The Morgan fingerprint density at radius 2 is 2.17 bits per heavy atom. The van der Waals surface area contributed by atoms with Crippen LogP contribution in [0.2, 0.25) is 0 Å². The summed E-state index contributed by atoms with van der Waals surface area (Å²) >= 11 is 1.59. The Hall–Kier alpha value is -2.60. The molecule has 5 nitrogen and oxygen atoms in total. The molecule has 3 aromatic rings. The molecular formula is C18H19N3O2S. The first kappa shape index (κ1) is 16.3. The molecule has 1 atom stereocenters. The predicted octanol–water partition coefficient (Wildman–Crippen LogP) is 3.95. The fourth-order valence-corrected chi connectivity index (χ4v) is 3.17. The predicted molar refractivity (Wildman–Crippen MR) is 95.5 cm³/mol. The number of hydrogen-bond donors (Lipinski definition) is 2. The van der Waals surface area contributed by atoms with Crippen LogP contribution >= 0.6 is 11.3 Å². The molecule has 0 aliphatic carbocycles. The number of nitrogens with one attached hydrogen (secondary N) is 2. The van der Waals surface area contributed by atoms with Crippen molar-refractivity contribution in [2.24, 2.45) is 0 Å². The van der Waals surface area contributed by atoms with Gasteiger partial charge in [0.1, 0.15) is 11.4 Å². The number of para-hydroxylation sites is 1. The molecule has 0 radical (unpaired) electrons. The molecular weight excluding hydrogens is 322 g/mol. The second kappa shape index (κ2) is 6.88. The molecule has 0 aliphatic rings. The average Bonchev–Trinajstić information content (AvgIpc) is 3.23. The number of amides is 1. The van der Waals surface area contributed by atoms with Crippen molar-refractivity contribution in [3.63, 3.8) is 0 Å². The lowest BCUT2D eigenvalue weighted by Gasteiger charge is -2.16. The van der Waals surface area contributed by atoms with Crippen LogP contribution in [0.3, 0.4) is 0 Å². The fraction of sp³-hybridized carbons (Fsp3) is 0.222. The topological polar surface area (TPSA) is 67.0 Å². The molecule has 24 heavy (non-hydrogen) atoms. The number of H-pyrrole nitrogens is 1. The minimum atomic E-state index is -0.165. The number of hydrogen-bond acceptors (Lipinski definition) is 4. The number of aromatic amines is 1. The minimum Gasteiger partial charge on any atom is -0.496 e. The van der Waals surface area contributed by atoms with E-state index in [0.29, 0.717) is 5.69 Å². The summed E-state index contributed by atoms with van der Waals surface area (Å²) < 4.78 is 5.35. The maximum Gasteiger partial charge on any atom is 0.268 e. The standard InChI is InChI=1S/C18H19N3O2S/c1-11(14-6-4-5-7-17(14)23-3)20-18(22)15-8-13(9-19-15)16-10-24-12(2)21-16/h4-11,19H,1-3H3,(H,20,22)/t11-/m1/s1. The van der Waals surface area contributed by atoms with Gasteiger partial charge in [0.15, 0.2) is 0 Å². The van der Waals surface area contributed by atoms with Gasteiger partial charge < -0.3 is 15.0 Å². The van der Waals surface area contributed by atoms with Gasteiger partial charge in [0.2, 0.25) is 0 Å². The van der Waals surface area contributed by atoms with Gasteiger partial charge in [-0.25, -0.2) is 4.98 Å². The van der Waals surface area contributed by atoms with Crippen molar-refractivity contribution >= 4 is 17.2 Å². The van der Waals surface area contributed by atoms with Crippen molar-refractivity contribution in [2.75, 3.05) is 7.11 Å². The zero-order valence-corrected chi connectivity index (χ0v) is 14.6. The molecule has 1 aromatic carbocycles. The number of methoxy groups -OCH3 is 1. The molecule has 0 fully saturated rings. The molecule has 1 amide bonds. The quantitative estimate of drug-likeness (QED) is 0.738. The zero-order valence-electron chi connectivity index (χ0n) is 13.8. The number of carbonyl (C=O) groups excluding carboxylic acids is 1. The second-order valence-corrected chi connectivity index (χ2v) is 6.55. The first-order chi connectivity index (χ1) is 11.6. The summed E-state index contributed by atoms with van der Waals surface area (Å²) in [7, 11) is 1.63. The van der Waals surface area contributed by atoms with E-state index in [4.69, 9.17) is 4.74 Å². The van der Waals surface area contributed by atoms with Crippen molar-refractivity contribution in [1.82, 2.24) is 15.3 Å². The first-order valence-corrected chi connectivity index (χ1v) is 8.51. The summed E-state index contributed by atoms with van der Waals surface area (Å²) in [5.74, 6) is 0.599. The third-order valence-corrected chi connectivity index (χ3v) is 4.57. The van der Waals surface area contributed by atoms with Gasteiger partial charge in [-0.1, -0.05) is 18.2 Å². The van der Waals surface area contributed by atoms with Crippen molar-refractivity contribution in [1.29, 1.82) is 0 Å². The SMILES string of the molecule is COc1ccccc1[C@@H](C)NC(=O)c1cc(-c2csc(C)n2)c[nH]1. The lowest BCUT2D eigenvalue weighted by Crippen LogP contribution is -2.27. The van der Waals surface area contributed by atoms with E-state index in [9.17, 15) is 4.79 Å². The molecule has 3 rings (SSSR count). The van der Waals surface area contributed by atoms with Gasteiger partial charge in [0, 0.05) is 22.7 Å². The fourth-order valence-electron chi connectivity index (χ4n) is 2.55. The van der Waals surface area contributed by atoms with E-state index in [1.807, 2.05) is 49.6 Å². The number of aromatic nitrogens is 2. The van der Waals surface area contributed by atoms with E-state index in [0.717, 1.165) is 27.6 Å². The lowest BCUT2D eigenvalue weighted by atomic mass is 10.1. The van der Waals surface area contributed by atoms with Crippen molar-refractivity contribution in [2.45, 2.75) is 19.9 Å². The van der Waals surface area contributed by atoms with Gasteiger partial charge in [-0.3, -0.25) is 4.79 Å². The van der Waals surface area contributed by atoms with Crippen LogP contribution in [0.5, 0.6) is 5.75 Å². The Balaban J connectivity index is 1.74. The van der Waals surface area contributed by atoms with E-state index in [2.05, 4.69) is 15.3 Å². The Kier molecular flexibility index (Phi) is 4.66. The number of thiazole rings is 1. The molecule has 2 N–H and O–H groups in total. The Bertz CT molecular complexity index is 853. The number of rotatable bonds is 5. The third-order valence-electron chi connectivity index (χ3n) is 3.80. The van der Waals surface area contributed by atoms with Crippen LogP contribution in [0.4, 0.5) is 0 Å². The molecule has 0 saturated heterocycles. The van der Waals surface area contributed by atoms with Crippen LogP contribution in [0.1, 0.15) is 34.0 Å². The van der Waals surface area contributed by atoms with Gasteiger partial charge in [0.05, 0.1) is 23.9 Å². The van der Waals surface area contributed by atoms with Gasteiger partial charge in [-0.15, -0.1) is 11.3 Å². The van der Waals surface area contributed by atoms with Crippen molar-refractivity contribution in [3.05, 3.63) is 58.2 Å². The number of benzene rings is 1. The third kappa shape index (κ3) is 3.33. The van der Waals surface area contributed by atoms with Gasteiger partial charge in [0.25, 0.3) is 5.91 Å². The Morgan fingerprint density at radius 3 is 2.88 bits per heavy atom. The van der Waals surface area contributed by atoms with E-state index in [1.54, 1.807) is 24.6 Å². The van der Waals surface area contributed by atoms with Gasteiger partial charge >= 0.3 is 0 Å². The summed E-state index contributed by atoms with van der Waals surface area (Å²) in [4.78, 5) is 19.9. The Morgan fingerprint density at radius 1 is 1.38 bits per heavy atom. The van der Waals surface area contributed by atoms with Crippen LogP contribution < -0.4 is 10.1 Å². The van der Waals surface area contributed by atoms with Crippen molar-refractivity contribution in [3.8, 4) is 17.0 Å². The van der Waals surface area contributed by atoms with Gasteiger partial charge in [-0.2, -0.15) is 0 Å². The van der Waals surface area contributed by atoms with Crippen LogP contribution in [-0.4, -0.2) is 23.0 Å². The highest BCUT2D eigenvalue weighted by Gasteiger charge is 2.16. The molecule has 0 aliphatic heterocycles. The molecule has 6 heteroatoms. The molecule has 0 saturated carbocycles. The molecule has 124 valence electrons. The maximum atomic E-state index is 12.5. The highest BCUT2D eigenvalue weighted by molar-refractivity contribution is 7.09. The summed E-state index contributed by atoms with van der Waals surface area (Å²) in [6.07, 6.45) is 1.80. The normalized spacial score (nSPS) is 12.0. The van der Waals surface area contributed by atoms with E-state index in [-0.39, 0.29) is 11.9 Å². The first-order valence-electron chi connectivity index (χ1n) is 7.63. The van der Waals surface area contributed by atoms with Crippen LogP contribution in [-0.2, 0) is 0 Å².